The molecule has 0 aliphatic carbocycles. The summed E-state index contributed by atoms with van der Waals surface area (Å²) in [6, 6.07) is 7.48. The highest BCUT2D eigenvalue weighted by Gasteiger charge is 2.22. The molecule has 0 saturated heterocycles. The normalized spacial score (nSPS) is 19.2. The Morgan fingerprint density at radius 3 is 2.88 bits per heavy atom. The van der Waals surface area contributed by atoms with E-state index in [1.807, 2.05) is 0 Å². The number of rotatable bonds is 4. The smallest absolute Gasteiger partial charge is 0.0412 e. The van der Waals surface area contributed by atoms with Crippen molar-refractivity contribution in [1.82, 2.24) is 5.32 Å². The van der Waals surface area contributed by atoms with Crippen LogP contribution in [-0.2, 0) is 6.42 Å². The molecule has 0 aromatic heterocycles. The number of nitrogens with one attached hydrogen (secondary N) is 1. The van der Waals surface area contributed by atoms with Crippen molar-refractivity contribution in [3.05, 3.63) is 29.3 Å². The van der Waals surface area contributed by atoms with Gasteiger partial charge in [0.15, 0.2) is 0 Å². The van der Waals surface area contributed by atoms with E-state index in [0.717, 1.165) is 19.5 Å². The number of anilines is 1. The summed E-state index contributed by atoms with van der Waals surface area (Å²) >= 11 is 0. The third-order valence-electron chi connectivity index (χ3n) is 3.68. The van der Waals surface area contributed by atoms with Crippen molar-refractivity contribution in [2.45, 2.75) is 39.2 Å². The first-order valence-corrected chi connectivity index (χ1v) is 6.83. The van der Waals surface area contributed by atoms with Gasteiger partial charge in [-0.1, -0.05) is 26.0 Å². The van der Waals surface area contributed by atoms with Crippen molar-refractivity contribution in [2.24, 2.45) is 0 Å². The van der Waals surface area contributed by atoms with Gasteiger partial charge < -0.3 is 10.2 Å². The van der Waals surface area contributed by atoms with Crippen molar-refractivity contribution in [3.63, 3.8) is 0 Å². The second-order valence-corrected chi connectivity index (χ2v) is 4.96. The summed E-state index contributed by atoms with van der Waals surface area (Å²) in [7, 11) is 2.19. The van der Waals surface area contributed by atoms with Gasteiger partial charge in [-0.25, -0.2) is 0 Å². The lowest BCUT2D eigenvalue weighted by atomic mass is 9.94. The Hall–Kier alpha value is -1.02. The van der Waals surface area contributed by atoms with Crippen molar-refractivity contribution in [1.29, 1.82) is 0 Å². The van der Waals surface area contributed by atoms with E-state index in [9.17, 15) is 0 Å². The Bertz CT molecular complexity index is 373. The van der Waals surface area contributed by atoms with E-state index in [1.165, 1.54) is 29.7 Å². The lowest BCUT2D eigenvalue weighted by Crippen LogP contribution is -2.33. The van der Waals surface area contributed by atoms with Crippen LogP contribution in [-0.4, -0.2) is 20.1 Å². The highest BCUT2D eigenvalue weighted by atomic mass is 15.1. The molecule has 2 nitrogen and oxygen atoms in total. The molecule has 0 amide bonds. The highest BCUT2D eigenvalue weighted by Crippen LogP contribution is 2.33. The van der Waals surface area contributed by atoms with Gasteiger partial charge in [0.25, 0.3) is 0 Å². The lowest BCUT2D eigenvalue weighted by molar-refractivity contribution is 0.484. The minimum Gasteiger partial charge on any atom is -0.374 e. The monoisotopic (exact) mass is 232 g/mol. The Kier molecular flexibility index (Phi) is 4.06. The number of nitrogens with zero attached hydrogens (tertiary/aromatic N) is 1. The van der Waals surface area contributed by atoms with E-state index in [2.05, 4.69) is 49.3 Å². The van der Waals surface area contributed by atoms with Crippen molar-refractivity contribution in [2.75, 3.05) is 25.0 Å². The van der Waals surface area contributed by atoms with E-state index >= 15 is 0 Å². The maximum absolute atomic E-state index is 3.67. The van der Waals surface area contributed by atoms with Crippen LogP contribution in [0.15, 0.2) is 18.2 Å². The molecule has 0 bridgehead atoms. The molecule has 17 heavy (non-hydrogen) atoms. The van der Waals surface area contributed by atoms with Gasteiger partial charge in [-0.2, -0.15) is 0 Å². The highest BCUT2D eigenvalue weighted by molar-refractivity contribution is 5.57. The average Bonchev–Trinajstić information content (AvgIpc) is 2.37. The summed E-state index contributed by atoms with van der Waals surface area (Å²) in [4.78, 5) is 2.37. The maximum atomic E-state index is 3.67. The Morgan fingerprint density at radius 2 is 2.18 bits per heavy atom. The average molecular weight is 232 g/mol. The Morgan fingerprint density at radius 1 is 1.35 bits per heavy atom. The maximum Gasteiger partial charge on any atom is 0.0412 e. The van der Waals surface area contributed by atoms with Gasteiger partial charge in [0, 0.05) is 25.3 Å². The third-order valence-corrected chi connectivity index (χ3v) is 3.68. The summed E-state index contributed by atoms with van der Waals surface area (Å²) in [6.45, 7) is 6.72. The first-order chi connectivity index (χ1) is 8.26. The molecule has 0 fully saturated rings. The molecular formula is C15H24N2. The van der Waals surface area contributed by atoms with Crippen LogP contribution in [0.5, 0.6) is 0 Å². The van der Waals surface area contributed by atoms with Gasteiger partial charge in [-0.05, 0) is 43.0 Å². The molecule has 2 rings (SSSR count). The fourth-order valence-corrected chi connectivity index (χ4v) is 2.58. The number of fused-ring (bicyclic) bond motifs is 1. The quantitative estimate of drug-likeness (QED) is 0.858. The SMILES string of the molecule is CCCNC1CCN(C)c2ccc(CC)cc21. The molecule has 1 aromatic rings. The summed E-state index contributed by atoms with van der Waals surface area (Å²) in [6.07, 6.45) is 3.54. The largest absolute Gasteiger partial charge is 0.374 e. The van der Waals surface area contributed by atoms with E-state index in [-0.39, 0.29) is 0 Å². The predicted octanol–water partition coefficient (Wildman–Crippen LogP) is 3.13. The standard InChI is InChI=1S/C15H24N2/c1-4-9-16-14-8-10-17(3)15-7-6-12(5-2)11-13(14)15/h6-7,11,14,16H,4-5,8-10H2,1-3H3. The third kappa shape index (κ3) is 2.63. The van der Waals surface area contributed by atoms with E-state index in [0.29, 0.717) is 6.04 Å². The first kappa shape index (κ1) is 12.4. The second kappa shape index (κ2) is 5.54. The van der Waals surface area contributed by atoms with Gasteiger partial charge in [0.05, 0.1) is 0 Å². The number of hydrogen-bond acceptors (Lipinski definition) is 2. The van der Waals surface area contributed by atoms with Crippen LogP contribution in [0, 0.1) is 0 Å². The van der Waals surface area contributed by atoms with E-state index < -0.39 is 0 Å². The second-order valence-electron chi connectivity index (χ2n) is 4.96. The van der Waals surface area contributed by atoms with Crippen LogP contribution in [0.2, 0.25) is 0 Å². The van der Waals surface area contributed by atoms with Crippen molar-refractivity contribution >= 4 is 5.69 Å². The van der Waals surface area contributed by atoms with Gasteiger partial charge in [-0.3, -0.25) is 0 Å². The first-order valence-electron chi connectivity index (χ1n) is 6.83. The molecule has 0 saturated carbocycles. The van der Waals surface area contributed by atoms with Crippen LogP contribution >= 0.6 is 0 Å². The molecule has 0 spiro atoms. The number of aryl methyl sites for hydroxylation is 1. The van der Waals surface area contributed by atoms with Crippen LogP contribution in [0.3, 0.4) is 0 Å². The van der Waals surface area contributed by atoms with E-state index in [1.54, 1.807) is 0 Å². The van der Waals surface area contributed by atoms with Gasteiger partial charge >= 0.3 is 0 Å². The van der Waals surface area contributed by atoms with Crippen LogP contribution in [0.4, 0.5) is 5.69 Å². The fraction of sp³-hybridized carbons (Fsp3) is 0.600. The minimum absolute atomic E-state index is 0.549. The summed E-state index contributed by atoms with van der Waals surface area (Å²) < 4.78 is 0. The molecule has 1 aromatic carbocycles. The zero-order valence-corrected chi connectivity index (χ0v) is 11.3. The van der Waals surface area contributed by atoms with Gasteiger partial charge in [0.2, 0.25) is 0 Å². The van der Waals surface area contributed by atoms with Gasteiger partial charge in [0.1, 0.15) is 0 Å². The Balaban J connectivity index is 2.28. The van der Waals surface area contributed by atoms with Crippen LogP contribution in [0.25, 0.3) is 0 Å². The molecular weight excluding hydrogens is 208 g/mol. The molecule has 94 valence electrons. The predicted molar refractivity (Wildman–Crippen MR) is 74.7 cm³/mol. The van der Waals surface area contributed by atoms with Crippen molar-refractivity contribution < 1.29 is 0 Å². The lowest BCUT2D eigenvalue weighted by Gasteiger charge is -2.34. The number of hydrogen-bond donors (Lipinski definition) is 1. The fourth-order valence-electron chi connectivity index (χ4n) is 2.58. The van der Waals surface area contributed by atoms with E-state index in [4.69, 9.17) is 0 Å². The zero-order chi connectivity index (χ0) is 12.3. The Labute approximate surface area is 105 Å². The van der Waals surface area contributed by atoms with Gasteiger partial charge in [-0.15, -0.1) is 0 Å². The summed E-state index contributed by atoms with van der Waals surface area (Å²) in [5.41, 5.74) is 4.34. The molecule has 1 atom stereocenters. The van der Waals surface area contributed by atoms with Crippen LogP contribution in [0.1, 0.15) is 43.9 Å². The molecule has 2 heteroatoms. The summed E-state index contributed by atoms with van der Waals surface area (Å²) in [5.74, 6) is 0. The number of benzene rings is 1. The molecule has 1 unspecified atom stereocenters. The minimum atomic E-state index is 0.549. The molecule has 1 aliphatic heterocycles. The molecule has 1 heterocycles. The molecule has 1 aliphatic rings. The summed E-state index contributed by atoms with van der Waals surface area (Å²) in [5, 5.41) is 3.67. The van der Waals surface area contributed by atoms with Crippen molar-refractivity contribution in [3.8, 4) is 0 Å². The topological polar surface area (TPSA) is 15.3 Å². The molecule has 1 N–H and O–H groups in total. The zero-order valence-electron chi connectivity index (χ0n) is 11.3. The molecule has 0 radical (unpaired) electrons. The van der Waals surface area contributed by atoms with Crippen LogP contribution < -0.4 is 10.2 Å².